The second-order valence-corrected chi connectivity index (χ2v) is 9.27. The standard InChI is InChI=1S/C17H18N2O4S2/c1-18-24(20,21)16-10-7-15(8-11-16)19-25(22,23)17-9-6-13-4-2-3-5-14(13)12-17/h2-5,7-8,10-12,18-19H,6,9H2,1H3. The molecule has 0 aromatic heterocycles. The number of hydrogen-bond donors (Lipinski definition) is 2. The first-order chi connectivity index (χ1) is 11.8. The Bertz CT molecular complexity index is 1020. The number of allylic oxidation sites excluding steroid dienone is 1. The van der Waals surface area contributed by atoms with Crippen molar-refractivity contribution in [3.05, 3.63) is 64.6 Å². The molecule has 2 aromatic carbocycles. The van der Waals surface area contributed by atoms with Crippen LogP contribution >= 0.6 is 0 Å². The third-order valence-electron chi connectivity index (χ3n) is 4.04. The largest absolute Gasteiger partial charge is 0.280 e. The van der Waals surface area contributed by atoms with Crippen molar-refractivity contribution in [2.24, 2.45) is 0 Å². The van der Waals surface area contributed by atoms with Crippen LogP contribution in [0.25, 0.3) is 6.08 Å². The molecule has 132 valence electrons. The highest BCUT2D eigenvalue weighted by Crippen LogP contribution is 2.28. The first-order valence-corrected chi connectivity index (χ1v) is 10.6. The van der Waals surface area contributed by atoms with Gasteiger partial charge in [0.1, 0.15) is 0 Å². The Labute approximate surface area is 147 Å². The summed E-state index contributed by atoms with van der Waals surface area (Å²) in [6.45, 7) is 0. The highest BCUT2D eigenvalue weighted by molar-refractivity contribution is 7.96. The predicted octanol–water partition coefficient (Wildman–Crippen LogP) is 2.32. The van der Waals surface area contributed by atoms with Crippen LogP contribution in [-0.2, 0) is 26.5 Å². The molecule has 0 atom stereocenters. The summed E-state index contributed by atoms with van der Waals surface area (Å²) in [7, 11) is -5.92. The van der Waals surface area contributed by atoms with Crippen molar-refractivity contribution in [2.75, 3.05) is 11.8 Å². The molecule has 0 spiro atoms. The van der Waals surface area contributed by atoms with Gasteiger partial charge in [0.2, 0.25) is 10.0 Å². The molecule has 1 aliphatic rings. The third-order valence-corrected chi connectivity index (χ3v) is 6.99. The minimum absolute atomic E-state index is 0.0729. The van der Waals surface area contributed by atoms with Crippen molar-refractivity contribution < 1.29 is 16.8 Å². The van der Waals surface area contributed by atoms with Gasteiger partial charge in [-0.2, -0.15) is 0 Å². The maximum Gasteiger partial charge on any atom is 0.258 e. The number of benzene rings is 2. The Hall–Kier alpha value is -2.16. The number of fused-ring (bicyclic) bond motifs is 1. The van der Waals surface area contributed by atoms with Crippen LogP contribution < -0.4 is 9.44 Å². The molecule has 25 heavy (non-hydrogen) atoms. The van der Waals surface area contributed by atoms with Gasteiger partial charge in [0, 0.05) is 5.69 Å². The van der Waals surface area contributed by atoms with Gasteiger partial charge in [-0.05, 0) is 61.4 Å². The SMILES string of the molecule is CNS(=O)(=O)c1ccc(NS(=O)(=O)C2=Cc3ccccc3CC2)cc1. The van der Waals surface area contributed by atoms with Crippen LogP contribution in [0.2, 0.25) is 0 Å². The van der Waals surface area contributed by atoms with Crippen LogP contribution in [-0.4, -0.2) is 23.9 Å². The van der Waals surface area contributed by atoms with E-state index in [9.17, 15) is 16.8 Å². The second-order valence-electron chi connectivity index (χ2n) is 5.65. The summed E-state index contributed by atoms with van der Waals surface area (Å²) >= 11 is 0. The van der Waals surface area contributed by atoms with E-state index in [4.69, 9.17) is 0 Å². The molecule has 0 amide bonds. The van der Waals surface area contributed by atoms with Crippen LogP contribution in [0, 0.1) is 0 Å². The number of nitrogens with one attached hydrogen (secondary N) is 2. The van der Waals surface area contributed by atoms with E-state index in [1.807, 2.05) is 24.3 Å². The molecule has 3 rings (SSSR count). The predicted molar refractivity (Wildman–Crippen MR) is 98.0 cm³/mol. The molecule has 8 heteroatoms. The summed E-state index contributed by atoms with van der Waals surface area (Å²) < 4.78 is 53.3. The fourth-order valence-electron chi connectivity index (χ4n) is 2.66. The minimum atomic E-state index is -3.69. The molecule has 2 aromatic rings. The molecule has 0 fully saturated rings. The lowest BCUT2D eigenvalue weighted by Gasteiger charge is -2.17. The quantitative estimate of drug-likeness (QED) is 0.835. The number of rotatable bonds is 5. The summed E-state index contributed by atoms with van der Waals surface area (Å²) in [5.74, 6) is 0. The van der Waals surface area contributed by atoms with E-state index in [0.29, 0.717) is 23.4 Å². The number of sulfonamides is 2. The molecular weight excluding hydrogens is 360 g/mol. The molecule has 0 saturated heterocycles. The van der Waals surface area contributed by atoms with Gasteiger partial charge in [-0.3, -0.25) is 4.72 Å². The highest BCUT2D eigenvalue weighted by atomic mass is 32.2. The van der Waals surface area contributed by atoms with Gasteiger partial charge in [0.25, 0.3) is 10.0 Å². The maximum absolute atomic E-state index is 12.6. The summed E-state index contributed by atoms with van der Waals surface area (Å²) in [5, 5.41) is 0. The van der Waals surface area contributed by atoms with Crippen LogP contribution in [0.4, 0.5) is 5.69 Å². The summed E-state index contributed by atoms with van der Waals surface area (Å²) in [6, 6.07) is 13.3. The molecule has 1 aliphatic carbocycles. The van der Waals surface area contributed by atoms with Crippen molar-refractivity contribution >= 4 is 31.8 Å². The van der Waals surface area contributed by atoms with E-state index in [1.54, 1.807) is 6.08 Å². The Kier molecular flexibility index (Phi) is 4.68. The summed E-state index contributed by atoms with van der Waals surface area (Å²) in [4.78, 5) is 0.391. The normalized spacial score (nSPS) is 14.5. The van der Waals surface area contributed by atoms with Gasteiger partial charge in [0.05, 0.1) is 9.80 Å². The fraction of sp³-hybridized carbons (Fsp3) is 0.176. The van der Waals surface area contributed by atoms with Gasteiger partial charge < -0.3 is 0 Å². The van der Waals surface area contributed by atoms with Crippen LogP contribution in [0.5, 0.6) is 0 Å². The van der Waals surface area contributed by atoms with Gasteiger partial charge >= 0.3 is 0 Å². The monoisotopic (exact) mass is 378 g/mol. The van der Waals surface area contributed by atoms with Crippen LogP contribution in [0.3, 0.4) is 0 Å². The summed E-state index contributed by atoms with van der Waals surface area (Å²) in [5.41, 5.74) is 2.35. The van der Waals surface area contributed by atoms with E-state index >= 15 is 0 Å². The molecule has 0 unspecified atom stereocenters. The Morgan fingerprint density at radius 3 is 2.20 bits per heavy atom. The van der Waals surface area contributed by atoms with Crippen molar-refractivity contribution in [3.63, 3.8) is 0 Å². The Morgan fingerprint density at radius 2 is 1.52 bits per heavy atom. The molecule has 2 N–H and O–H groups in total. The molecule has 0 heterocycles. The van der Waals surface area contributed by atoms with Gasteiger partial charge in [-0.25, -0.2) is 21.6 Å². The fourth-order valence-corrected chi connectivity index (χ4v) is 4.62. The molecule has 6 nitrogen and oxygen atoms in total. The van der Waals surface area contributed by atoms with E-state index in [-0.39, 0.29) is 4.90 Å². The average molecular weight is 378 g/mol. The van der Waals surface area contributed by atoms with Crippen molar-refractivity contribution in [1.82, 2.24) is 4.72 Å². The third kappa shape index (κ3) is 3.76. The molecule has 0 bridgehead atoms. The molecule has 0 saturated carbocycles. The topological polar surface area (TPSA) is 92.3 Å². The lowest BCUT2D eigenvalue weighted by Crippen LogP contribution is -2.19. The number of anilines is 1. The van der Waals surface area contributed by atoms with Gasteiger partial charge in [0.15, 0.2) is 0 Å². The zero-order valence-corrected chi connectivity index (χ0v) is 15.2. The summed E-state index contributed by atoms with van der Waals surface area (Å²) in [6.07, 6.45) is 2.78. The molecule has 0 radical (unpaired) electrons. The second kappa shape index (κ2) is 6.62. The average Bonchev–Trinajstić information content (AvgIpc) is 2.61. The van der Waals surface area contributed by atoms with E-state index in [0.717, 1.165) is 11.1 Å². The lowest BCUT2D eigenvalue weighted by atomic mass is 9.98. The van der Waals surface area contributed by atoms with E-state index < -0.39 is 20.0 Å². The highest BCUT2D eigenvalue weighted by Gasteiger charge is 2.22. The van der Waals surface area contributed by atoms with Crippen molar-refractivity contribution in [2.45, 2.75) is 17.7 Å². The smallest absolute Gasteiger partial charge is 0.258 e. The zero-order chi connectivity index (χ0) is 18.1. The lowest BCUT2D eigenvalue weighted by molar-refractivity contribution is 0.588. The maximum atomic E-state index is 12.6. The zero-order valence-electron chi connectivity index (χ0n) is 13.6. The first kappa shape index (κ1) is 17.7. The first-order valence-electron chi connectivity index (χ1n) is 7.67. The van der Waals surface area contributed by atoms with Gasteiger partial charge in [-0.15, -0.1) is 0 Å². The minimum Gasteiger partial charge on any atom is -0.280 e. The molecule has 0 aliphatic heterocycles. The van der Waals surface area contributed by atoms with E-state index in [2.05, 4.69) is 9.44 Å². The number of aryl methyl sites for hydroxylation is 1. The Balaban J connectivity index is 1.84. The van der Waals surface area contributed by atoms with Crippen LogP contribution in [0.15, 0.2) is 58.3 Å². The van der Waals surface area contributed by atoms with Crippen molar-refractivity contribution in [3.8, 4) is 0 Å². The Morgan fingerprint density at radius 1 is 0.840 bits per heavy atom. The van der Waals surface area contributed by atoms with Crippen molar-refractivity contribution in [1.29, 1.82) is 0 Å². The molecular formula is C17H18N2O4S2. The number of hydrogen-bond acceptors (Lipinski definition) is 4. The van der Waals surface area contributed by atoms with Gasteiger partial charge in [-0.1, -0.05) is 24.3 Å². The van der Waals surface area contributed by atoms with E-state index in [1.165, 1.54) is 31.3 Å². The van der Waals surface area contributed by atoms with Crippen LogP contribution in [0.1, 0.15) is 17.5 Å².